The van der Waals surface area contributed by atoms with Gasteiger partial charge in [0.2, 0.25) is 10.0 Å². The molecule has 2 aromatic carbocycles. The zero-order chi connectivity index (χ0) is 25.1. The molecule has 1 N–H and O–H groups in total. The lowest BCUT2D eigenvalue weighted by Crippen LogP contribution is -2.49. The van der Waals surface area contributed by atoms with E-state index in [0.717, 1.165) is 22.5 Å². The number of benzene rings is 2. The maximum atomic E-state index is 13.1. The Morgan fingerprint density at radius 1 is 0.944 bits per heavy atom. The Labute approximate surface area is 213 Å². The molecule has 1 aliphatic carbocycles. The molecule has 1 atom stereocenters. The van der Waals surface area contributed by atoms with E-state index in [1.165, 1.54) is 32.1 Å². The first-order valence-electron chi connectivity index (χ1n) is 12.9. The molecule has 0 spiro atoms. The first-order valence-corrected chi connectivity index (χ1v) is 14.3. The highest BCUT2D eigenvalue weighted by molar-refractivity contribution is 7.89. The highest BCUT2D eigenvalue weighted by atomic mass is 32.2. The number of methoxy groups -OCH3 is 1. The molecule has 0 amide bonds. The first kappa shape index (κ1) is 24.9. The van der Waals surface area contributed by atoms with Crippen molar-refractivity contribution in [3.63, 3.8) is 0 Å². The summed E-state index contributed by atoms with van der Waals surface area (Å²) in [6.07, 6.45) is 6.17. The lowest BCUT2D eigenvalue weighted by molar-refractivity contribution is 0.141. The molecule has 0 bridgehead atoms. The Balaban J connectivity index is 1.31. The minimum absolute atomic E-state index is 0.0210. The van der Waals surface area contributed by atoms with E-state index in [0.29, 0.717) is 42.9 Å². The number of piperazine rings is 1. The van der Waals surface area contributed by atoms with Crippen LogP contribution in [0.1, 0.15) is 50.9 Å². The van der Waals surface area contributed by atoms with Gasteiger partial charge >= 0.3 is 0 Å². The van der Waals surface area contributed by atoms with Crippen molar-refractivity contribution in [3.8, 4) is 5.75 Å². The van der Waals surface area contributed by atoms with Crippen molar-refractivity contribution in [1.29, 1.82) is 0 Å². The molecule has 0 radical (unpaired) electrons. The quantitative estimate of drug-likeness (QED) is 0.503. The summed E-state index contributed by atoms with van der Waals surface area (Å²) in [5.74, 6) is 2.33. The van der Waals surface area contributed by atoms with Crippen LogP contribution in [0.15, 0.2) is 53.4 Å². The van der Waals surface area contributed by atoms with Crippen LogP contribution in [0, 0.1) is 0 Å². The average molecular weight is 510 g/mol. The highest BCUT2D eigenvalue weighted by Crippen LogP contribution is 2.29. The topological polar surface area (TPSA) is 87.7 Å². The molecule has 1 aliphatic heterocycles. The number of rotatable bonds is 7. The summed E-state index contributed by atoms with van der Waals surface area (Å²) in [5.41, 5.74) is 0.938. The smallest absolute Gasteiger partial charge is 0.243 e. The van der Waals surface area contributed by atoms with Gasteiger partial charge in [-0.2, -0.15) is 4.31 Å². The zero-order valence-corrected chi connectivity index (χ0v) is 21.9. The summed E-state index contributed by atoms with van der Waals surface area (Å²) in [6, 6.07) is 15.2. The molecule has 9 heteroatoms. The van der Waals surface area contributed by atoms with E-state index in [4.69, 9.17) is 14.7 Å². The molecule has 36 heavy (non-hydrogen) atoms. The number of hydrogen-bond acceptors (Lipinski definition) is 7. The van der Waals surface area contributed by atoms with E-state index in [2.05, 4.69) is 23.2 Å². The molecule has 1 saturated carbocycles. The standard InChI is InChI=1S/C27H35N5O3S/c1-20(31-16-18-32(19-17-31)36(33,34)23-14-12-22(35-2)13-15-23)26-29-25-11-7-6-10-24(25)27(30-26)28-21-8-4-3-5-9-21/h6-7,10-15,20-21H,3-5,8-9,16-19H2,1-2H3,(H,28,29,30)/t20-/m1/s1. The third-order valence-corrected chi connectivity index (χ3v) is 9.37. The fraction of sp³-hybridized carbons (Fsp3) is 0.481. The van der Waals surface area contributed by atoms with Crippen LogP contribution in [0.4, 0.5) is 5.82 Å². The number of ether oxygens (including phenoxy) is 1. The molecule has 8 nitrogen and oxygen atoms in total. The van der Waals surface area contributed by atoms with Crippen LogP contribution in [-0.4, -0.2) is 66.9 Å². The molecular weight excluding hydrogens is 474 g/mol. The van der Waals surface area contributed by atoms with Crippen LogP contribution >= 0.6 is 0 Å². The fourth-order valence-corrected chi connectivity index (χ4v) is 6.65. The van der Waals surface area contributed by atoms with E-state index in [1.807, 2.05) is 18.2 Å². The number of nitrogens with zero attached hydrogens (tertiary/aromatic N) is 4. The number of para-hydroxylation sites is 1. The van der Waals surface area contributed by atoms with Gasteiger partial charge < -0.3 is 10.1 Å². The molecular formula is C27H35N5O3S. The van der Waals surface area contributed by atoms with Crippen molar-refractivity contribution < 1.29 is 13.2 Å². The van der Waals surface area contributed by atoms with Gasteiger partial charge in [-0.25, -0.2) is 18.4 Å². The monoisotopic (exact) mass is 509 g/mol. The lowest BCUT2D eigenvalue weighted by atomic mass is 9.95. The summed E-state index contributed by atoms with van der Waals surface area (Å²) in [5, 5.41) is 4.76. The van der Waals surface area contributed by atoms with E-state index in [9.17, 15) is 8.42 Å². The van der Waals surface area contributed by atoms with Crippen molar-refractivity contribution in [3.05, 3.63) is 54.4 Å². The van der Waals surface area contributed by atoms with E-state index < -0.39 is 10.0 Å². The number of sulfonamides is 1. The second-order valence-electron chi connectivity index (χ2n) is 9.72. The summed E-state index contributed by atoms with van der Waals surface area (Å²) in [4.78, 5) is 12.5. The van der Waals surface area contributed by atoms with Crippen LogP contribution < -0.4 is 10.1 Å². The van der Waals surface area contributed by atoms with Gasteiger partial charge in [-0.1, -0.05) is 31.4 Å². The molecule has 192 valence electrons. The lowest BCUT2D eigenvalue weighted by Gasteiger charge is -2.37. The maximum absolute atomic E-state index is 13.1. The normalized spacial score (nSPS) is 19.3. The largest absolute Gasteiger partial charge is 0.497 e. The van der Waals surface area contributed by atoms with Crippen LogP contribution in [0.2, 0.25) is 0 Å². The number of anilines is 1. The molecule has 5 rings (SSSR count). The molecule has 2 heterocycles. The molecule has 1 aromatic heterocycles. The number of hydrogen-bond donors (Lipinski definition) is 1. The molecule has 2 fully saturated rings. The minimum atomic E-state index is -3.54. The van der Waals surface area contributed by atoms with E-state index in [-0.39, 0.29) is 6.04 Å². The van der Waals surface area contributed by atoms with E-state index in [1.54, 1.807) is 35.7 Å². The Kier molecular flexibility index (Phi) is 7.41. The van der Waals surface area contributed by atoms with Crippen molar-refractivity contribution in [2.45, 2.75) is 56.0 Å². The second-order valence-corrected chi connectivity index (χ2v) is 11.7. The average Bonchev–Trinajstić information content (AvgIpc) is 2.93. The summed E-state index contributed by atoms with van der Waals surface area (Å²) < 4.78 is 33.0. The van der Waals surface area contributed by atoms with Gasteiger partial charge in [0, 0.05) is 37.6 Å². The third kappa shape index (κ3) is 5.19. The van der Waals surface area contributed by atoms with Gasteiger partial charge in [-0.05, 0) is 56.2 Å². The van der Waals surface area contributed by atoms with Gasteiger partial charge in [0.25, 0.3) is 0 Å². The van der Waals surface area contributed by atoms with E-state index >= 15 is 0 Å². The van der Waals surface area contributed by atoms with Gasteiger partial charge in [0.05, 0.1) is 23.6 Å². The van der Waals surface area contributed by atoms with Crippen molar-refractivity contribution in [1.82, 2.24) is 19.2 Å². The Hall–Kier alpha value is -2.75. The van der Waals surface area contributed by atoms with Crippen LogP contribution in [0.3, 0.4) is 0 Å². The number of fused-ring (bicyclic) bond motifs is 1. The first-order chi connectivity index (χ1) is 17.5. The van der Waals surface area contributed by atoms with Gasteiger partial charge in [0.15, 0.2) is 0 Å². The summed E-state index contributed by atoms with van der Waals surface area (Å²) in [6.45, 7) is 4.22. The number of aromatic nitrogens is 2. The summed E-state index contributed by atoms with van der Waals surface area (Å²) in [7, 11) is -1.98. The molecule has 3 aromatic rings. The van der Waals surface area contributed by atoms with Crippen LogP contribution in [0.5, 0.6) is 5.75 Å². The zero-order valence-electron chi connectivity index (χ0n) is 21.1. The SMILES string of the molecule is COc1ccc(S(=O)(=O)N2CCN([C@H](C)c3nc(NC4CCCCC4)c4ccccc4n3)CC2)cc1. The van der Waals surface area contributed by atoms with Crippen LogP contribution in [0.25, 0.3) is 10.9 Å². The fourth-order valence-electron chi connectivity index (χ4n) is 5.22. The predicted octanol–water partition coefficient (Wildman–Crippen LogP) is 4.45. The Morgan fingerprint density at radius 2 is 1.64 bits per heavy atom. The van der Waals surface area contributed by atoms with Crippen molar-refractivity contribution in [2.24, 2.45) is 0 Å². The van der Waals surface area contributed by atoms with Gasteiger partial charge in [-0.15, -0.1) is 0 Å². The number of nitrogens with one attached hydrogen (secondary N) is 1. The maximum Gasteiger partial charge on any atom is 0.243 e. The molecule has 0 unspecified atom stereocenters. The predicted molar refractivity (Wildman–Crippen MR) is 142 cm³/mol. The Bertz CT molecular complexity index is 1280. The van der Waals surface area contributed by atoms with Crippen LogP contribution in [-0.2, 0) is 10.0 Å². The molecule has 1 saturated heterocycles. The Morgan fingerprint density at radius 3 is 2.33 bits per heavy atom. The third-order valence-electron chi connectivity index (χ3n) is 7.46. The van der Waals surface area contributed by atoms with Crippen molar-refractivity contribution >= 4 is 26.7 Å². The van der Waals surface area contributed by atoms with Gasteiger partial charge in [0.1, 0.15) is 17.4 Å². The second kappa shape index (κ2) is 10.7. The minimum Gasteiger partial charge on any atom is -0.497 e. The molecule has 2 aliphatic rings. The van der Waals surface area contributed by atoms with Crippen molar-refractivity contribution in [2.75, 3.05) is 38.6 Å². The highest BCUT2D eigenvalue weighted by Gasteiger charge is 2.31. The summed E-state index contributed by atoms with van der Waals surface area (Å²) >= 11 is 0. The van der Waals surface area contributed by atoms with Gasteiger partial charge in [-0.3, -0.25) is 4.90 Å².